The fourth-order valence-electron chi connectivity index (χ4n) is 1.65. The van der Waals surface area contributed by atoms with Crippen molar-refractivity contribution in [3.05, 3.63) is 54.2 Å². The molecule has 2 aromatic rings. The topological polar surface area (TPSA) is 76.1 Å². The van der Waals surface area contributed by atoms with Gasteiger partial charge in [-0.25, -0.2) is 13.4 Å². The van der Waals surface area contributed by atoms with Crippen LogP contribution in [0.15, 0.2) is 53.7 Å². The zero-order chi connectivity index (χ0) is 15.5. The van der Waals surface area contributed by atoms with E-state index < -0.39 is 21.1 Å². The zero-order valence-electron chi connectivity index (χ0n) is 11.2. The molecule has 0 spiro atoms. The van der Waals surface area contributed by atoms with Gasteiger partial charge in [-0.2, -0.15) is 0 Å². The van der Waals surface area contributed by atoms with Gasteiger partial charge in [0.2, 0.25) is 5.91 Å². The van der Waals surface area contributed by atoms with Crippen LogP contribution in [0.1, 0.15) is 10.9 Å². The number of carbonyl (C=O) groups is 1. The maximum Gasteiger partial charge on any atom is 0.247 e. The van der Waals surface area contributed by atoms with Crippen molar-refractivity contribution in [2.45, 2.75) is 10.4 Å². The van der Waals surface area contributed by atoms with E-state index in [0.717, 1.165) is 6.26 Å². The van der Waals surface area contributed by atoms with Crippen LogP contribution in [0.5, 0.6) is 0 Å². The second-order valence-corrected chi connectivity index (χ2v) is 6.82. The third kappa shape index (κ3) is 4.03. The Balaban J connectivity index is 2.10. The van der Waals surface area contributed by atoms with Crippen LogP contribution in [-0.2, 0) is 14.6 Å². The van der Waals surface area contributed by atoms with E-state index in [1.807, 2.05) is 6.07 Å². The SMILES string of the molecule is CS(=O)(=O)c1ccc(NC(=O)C(Cl)c2ccccc2)cn1. The number of carbonyl (C=O) groups excluding carboxylic acids is 1. The Morgan fingerprint density at radius 2 is 1.86 bits per heavy atom. The van der Waals surface area contributed by atoms with Crippen molar-refractivity contribution in [2.75, 3.05) is 11.6 Å². The predicted octanol–water partition coefficient (Wildman–Crippen LogP) is 2.40. The van der Waals surface area contributed by atoms with Crippen LogP contribution in [0.3, 0.4) is 0 Å². The number of pyridine rings is 1. The quantitative estimate of drug-likeness (QED) is 0.876. The summed E-state index contributed by atoms with van der Waals surface area (Å²) in [6.07, 6.45) is 2.35. The van der Waals surface area contributed by atoms with E-state index in [0.29, 0.717) is 11.3 Å². The smallest absolute Gasteiger partial charge is 0.247 e. The van der Waals surface area contributed by atoms with E-state index in [-0.39, 0.29) is 5.03 Å². The van der Waals surface area contributed by atoms with Gasteiger partial charge in [0.25, 0.3) is 0 Å². The van der Waals surface area contributed by atoms with E-state index in [2.05, 4.69) is 10.3 Å². The lowest BCUT2D eigenvalue weighted by molar-refractivity contribution is -0.116. The second kappa shape index (κ2) is 6.24. The molecule has 0 radical (unpaired) electrons. The van der Waals surface area contributed by atoms with E-state index in [1.54, 1.807) is 24.3 Å². The highest BCUT2D eigenvalue weighted by Crippen LogP contribution is 2.22. The molecule has 1 atom stereocenters. The fourth-order valence-corrected chi connectivity index (χ4v) is 2.41. The molecule has 21 heavy (non-hydrogen) atoms. The first-order valence-corrected chi connectivity index (χ1v) is 8.37. The Kier molecular flexibility index (Phi) is 4.59. The average molecular weight is 325 g/mol. The summed E-state index contributed by atoms with van der Waals surface area (Å²) in [6, 6.07) is 11.7. The summed E-state index contributed by atoms with van der Waals surface area (Å²) in [7, 11) is -3.36. The molecule has 1 aromatic carbocycles. The zero-order valence-corrected chi connectivity index (χ0v) is 12.7. The lowest BCUT2D eigenvalue weighted by Crippen LogP contribution is -2.17. The summed E-state index contributed by atoms with van der Waals surface area (Å²) in [5.41, 5.74) is 1.06. The summed E-state index contributed by atoms with van der Waals surface area (Å²) >= 11 is 6.08. The molecule has 1 amide bonds. The van der Waals surface area contributed by atoms with Crippen molar-refractivity contribution in [2.24, 2.45) is 0 Å². The number of hydrogen-bond donors (Lipinski definition) is 1. The molecule has 0 saturated heterocycles. The van der Waals surface area contributed by atoms with Crippen molar-refractivity contribution >= 4 is 33.0 Å². The maximum atomic E-state index is 12.0. The van der Waals surface area contributed by atoms with E-state index in [9.17, 15) is 13.2 Å². The molecule has 0 bridgehead atoms. The molecule has 5 nitrogen and oxygen atoms in total. The molecule has 0 fully saturated rings. The van der Waals surface area contributed by atoms with Gasteiger partial charge in [0.05, 0.1) is 11.9 Å². The molecular formula is C14H13ClN2O3S. The molecule has 0 aliphatic rings. The van der Waals surface area contributed by atoms with Crippen LogP contribution in [0, 0.1) is 0 Å². The van der Waals surface area contributed by atoms with Gasteiger partial charge in [-0.1, -0.05) is 30.3 Å². The van der Waals surface area contributed by atoms with E-state index in [1.165, 1.54) is 18.3 Å². The number of benzene rings is 1. The highest BCUT2D eigenvalue weighted by molar-refractivity contribution is 7.90. The molecule has 1 aromatic heterocycles. The van der Waals surface area contributed by atoms with E-state index in [4.69, 9.17) is 11.6 Å². The number of aromatic nitrogens is 1. The molecular weight excluding hydrogens is 312 g/mol. The number of nitrogens with zero attached hydrogens (tertiary/aromatic N) is 1. The van der Waals surface area contributed by atoms with Crippen molar-refractivity contribution in [1.29, 1.82) is 0 Å². The van der Waals surface area contributed by atoms with Crippen LogP contribution in [0.4, 0.5) is 5.69 Å². The van der Waals surface area contributed by atoms with Gasteiger partial charge in [-0.3, -0.25) is 4.79 Å². The second-order valence-electron chi connectivity index (χ2n) is 4.42. The standard InChI is InChI=1S/C14H13ClN2O3S/c1-21(19,20)12-8-7-11(9-16-12)17-14(18)13(15)10-5-3-2-4-6-10/h2-9,13H,1H3,(H,17,18). The number of amides is 1. The normalized spacial score (nSPS) is 12.7. The lowest BCUT2D eigenvalue weighted by Gasteiger charge is -2.10. The van der Waals surface area contributed by atoms with Gasteiger partial charge >= 0.3 is 0 Å². The van der Waals surface area contributed by atoms with Gasteiger partial charge in [0.1, 0.15) is 5.38 Å². The first-order chi connectivity index (χ1) is 9.88. The molecule has 7 heteroatoms. The maximum absolute atomic E-state index is 12.0. The summed E-state index contributed by atoms with van der Waals surface area (Å²) in [5, 5.41) is 1.71. The monoisotopic (exact) mass is 324 g/mol. The first kappa shape index (κ1) is 15.5. The Hall–Kier alpha value is -1.92. The minimum atomic E-state index is -3.36. The highest BCUT2D eigenvalue weighted by atomic mass is 35.5. The van der Waals surface area contributed by atoms with Crippen molar-refractivity contribution in [3.8, 4) is 0 Å². The Labute approximate surface area is 127 Å². The predicted molar refractivity (Wildman–Crippen MR) is 81.0 cm³/mol. The summed E-state index contributed by atoms with van der Waals surface area (Å²) in [5.74, 6) is -0.406. The first-order valence-electron chi connectivity index (χ1n) is 6.04. The Morgan fingerprint density at radius 3 is 2.38 bits per heavy atom. The van der Waals surface area contributed by atoms with Crippen molar-refractivity contribution < 1.29 is 13.2 Å². The molecule has 1 N–H and O–H groups in total. The average Bonchev–Trinajstić information content (AvgIpc) is 2.47. The van der Waals surface area contributed by atoms with Gasteiger partial charge < -0.3 is 5.32 Å². The summed E-state index contributed by atoms with van der Waals surface area (Å²) in [4.78, 5) is 15.8. The van der Waals surface area contributed by atoms with Crippen LogP contribution in [-0.4, -0.2) is 25.6 Å². The van der Waals surface area contributed by atoms with Gasteiger partial charge in [-0.15, -0.1) is 11.6 Å². The Bertz CT molecular complexity index is 731. The fraction of sp³-hybridized carbons (Fsp3) is 0.143. The van der Waals surface area contributed by atoms with Crippen molar-refractivity contribution in [1.82, 2.24) is 4.98 Å². The number of rotatable bonds is 4. The molecule has 0 aliphatic carbocycles. The van der Waals surface area contributed by atoms with E-state index >= 15 is 0 Å². The number of anilines is 1. The largest absolute Gasteiger partial charge is 0.323 e. The van der Waals surface area contributed by atoms with Crippen LogP contribution >= 0.6 is 11.6 Å². The van der Waals surface area contributed by atoms with Crippen molar-refractivity contribution in [3.63, 3.8) is 0 Å². The van der Waals surface area contributed by atoms with Gasteiger partial charge in [-0.05, 0) is 17.7 Å². The molecule has 0 aliphatic heterocycles. The number of hydrogen-bond acceptors (Lipinski definition) is 4. The minimum Gasteiger partial charge on any atom is -0.323 e. The number of sulfone groups is 1. The lowest BCUT2D eigenvalue weighted by atomic mass is 10.1. The number of nitrogens with one attached hydrogen (secondary N) is 1. The minimum absolute atomic E-state index is 0.0500. The third-order valence-electron chi connectivity index (χ3n) is 2.71. The Morgan fingerprint density at radius 1 is 1.19 bits per heavy atom. The number of alkyl halides is 1. The molecule has 1 unspecified atom stereocenters. The molecule has 0 saturated carbocycles. The third-order valence-corrected chi connectivity index (χ3v) is 4.16. The van der Waals surface area contributed by atoms with Crippen LogP contribution in [0.25, 0.3) is 0 Å². The highest BCUT2D eigenvalue weighted by Gasteiger charge is 2.17. The summed E-state index contributed by atoms with van der Waals surface area (Å²) < 4.78 is 22.6. The van der Waals surface area contributed by atoms with Crippen LogP contribution < -0.4 is 5.32 Å². The van der Waals surface area contributed by atoms with Gasteiger partial charge in [0, 0.05) is 6.26 Å². The van der Waals surface area contributed by atoms with Crippen LogP contribution in [0.2, 0.25) is 0 Å². The van der Waals surface area contributed by atoms with Gasteiger partial charge in [0.15, 0.2) is 14.9 Å². The summed E-state index contributed by atoms with van der Waals surface area (Å²) in [6.45, 7) is 0. The number of halogens is 1. The molecule has 2 rings (SSSR count). The molecule has 110 valence electrons. The molecule has 1 heterocycles.